The lowest BCUT2D eigenvalue weighted by Crippen LogP contribution is -2.74. The Morgan fingerprint density at radius 1 is 1.15 bits per heavy atom. The third kappa shape index (κ3) is 2.75. The van der Waals surface area contributed by atoms with Gasteiger partial charge in [0.1, 0.15) is 0 Å². The highest BCUT2D eigenvalue weighted by atomic mass is 32.2. The maximum absolute atomic E-state index is 12.7. The highest BCUT2D eigenvalue weighted by molar-refractivity contribution is 7.97. The molecule has 5 rings (SSSR count). The van der Waals surface area contributed by atoms with Crippen LogP contribution < -0.4 is 0 Å². The number of likely N-dealkylation sites (tertiary alicyclic amines) is 1. The van der Waals surface area contributed by atoms with Gasteiger partial charge in [-0.15, -0.1) is 0 Å². The summed E-state index contributed by atoms with van der Waals surface area (Å²) in [6, 6.07) is 0.733. The molecule has 0 amide bonds. The van der Waals surface area contributed by atoms with Crippen molar-refractivity contribution in [3.8, 4) is 0 Å². The van der Waals surface area contributed by atoms with Crippen molar-refractivity contribution in [2.24, 2.45) is 10.8 Å². The molecule has 3 aliphatic heterocycles. The second-order valence-electron chi connectivity index (χ2n) is 8.49. The van der Waals surface area contributed by atoms with Crippen LogP contribution in [0.15, 0.2) is 11.1 Å². The first-order chi connectivity index (χ1) is 12.3. The Bertz CT molecular complexity index is 717. The minimum atomic E-state index is -4.49. The maximum Gasteiger partial charge on any atom is 0.451 e. The van der Waals surface area contributed by atoms with Gasteiger partial charge < -0.3 is 4.74 Å². The van der Waals surface area contributed by atoms with Crippen molar-refractivity contribution in [3.05, 3.63) is 17.7 Å². The van der Waals surface area contributed by atoms with E-state index in [1.807, 2.05) is 0 Å². The summed E-state index contributed by atoms with van der Waals surface area (Å²) in [5.74, 6) is -1.07. The lowest BCUT2D eigenvalue weighted by atomic mass is 9.61. The van der Waals surface area contributed by atoms with Crippen molar-refractivity contribution in [2.75, 3.05) is 39.4 Å². The molecule has 26 heavy (non-hydrogen) atoms. The Morgan fingerprint density at radius 3 is 2.38 bits per heavy atom. The smallest absolute Gasteiger partial charge is 0.380 e. The molecule has 0 N–H and O–H groups in total. The van der Waals surface area contributed by atoms with E-state index in [4.69, 9.17) is 4.74 Å². The van der Waals surface area contributed by atoms with E-state index in [1.54, 1.807) is 6.92 Å². The zero-order valence-electron chi connectivity index (χ0n) is 14.6. The van der Waals surface area contributed by atoms with Gasteiger partial charge >= 0.3 is 6.18 Å². The summed E-state index contributed by atoms with van der Waals surface area (Å²) in [5.41, 5.74) is 1.28. The number of rotatable bonds is 3. The first-order valence-corrected chi connectivity index (χ1v) is 9.69. The van der Waals surface area contributed by atoms with Crippen molar-refractivity contribution >= 4 is 11.9 Å². The summed E-state index contributed by atoms with van der Waals surface area (Å²) in [7, 11) is 0. The highest BCUT2D eigenvalue weighted by Crippen LogP contribution is 2.53. The number of aromatic nitrogens is 2. The van der Waals surface area contributed by atoms with Gasteiger partial charge in [-0.1, -0.05) is 0 Å². The van der Waals surface area contributed by atoms with E-state index in [-0.39, 0.29) is 0 Å². The van der Waals surface area contributed by atoms with Crippen LogP contribution >= 0.6 is 11.9 Å². The Labute approximate surface area is 154 Å². The summed E-state index contributed by atoms with van der Waals surface area (Å²) >= 11 is 1.48. The number of hydrogen-bond acceptors (Lipinski definition) is 6. The number of hydrogen-bond donors (Lipinski definition) is 0. The number of halogens is 3. The second-order valence-corrected chi connectivity index (χ2v) is 9.63. The standard InChI is InChI=1S/C17H21F3N4OS/c1-11-13(4-21-14(22-11)17(18,19)20)26-24-7-16(8-24)5-23(6-16)12-2-15(3-12)9-25-10-15/h4,12H,2-3,5-10H2,1H3. The Kier molecular flexibility index (Phi) is 3.68. The average molecular weight is 386 g/mol. The number of aryl methyl sites for hydroxylation is 1. The molecule has 4 fully saturated rings. The third-order valence-electron chi connectivity index (χ3n) is 6.19. The normalized spacial score (nSPS) is 27.7. The zero-order valence-corrected chi connectivity index (χ0v) is 15.4. The van der Waals surface area contributed by atoms with E-state index in [0.717, 1.165) is 45.4 Å². The Hall–Kier alpha value is -0.900. The Morgan fingerprint density at radius 2 is 1.85 bits per heavy atom. The molecule has 5 nitrogen and oxygen atoms in total. The van der Waals surface area contributed by atoms with Crippen LogP contribution in [0.2, 0.25) is 0 Å². The molecule has 0 atom stereocenters. The van der Waals surface area contributed by atoms with Gasteiger partial charge in [0.25, 0.3) is 0 Å². The molecule has 0 aromatic carbocycles. The summed E-state index contributed by atoms with van der Waals surface area (Å²) in [5, 5.41) is 0. The molecule has 4 heterocycles. The SMILES string of the molecule is Cc1nc(C(F)(F)F)ncc1SN1CC2(C1)CN(C1CC3(COC3)C1)C2. The fourth-order valence-electron chi connectivity index (χ4n) is 4.69. The van der Waals surface area contributed by atoms with E-state index in [2.05, 4.69) is 19.2 Å². The molecule has 9 heteroatoms. The fraction of sp³-hybridized carbons (Fsp3) is 0.765. The topological polar surface area (TPSA) is 41.5 Å². The number of ether oxygens (including phenoxy) is 1. The van der Waals surface area contributed by atoms with Gasteiger partial charge in [0, 0.05) is 49.2 Å². The quantitative estimate of drug-likeness (QED) is 0.744. The predicted octanol–water partition coefficient (Wildman–Crippen LogP) is 2.61. The second kappa shape index (κ2) is 5.56. The molecule has 1 saturated carbocycles. The van der Waals surface area contributed by atoms with Crippen molar-refractivity contribution < 1.29 is 17.9 Å². The molecule has 4 aliphatic rings. The van der Waals surface area contributed by atoms with Gasteiger partial charge in [0.15, 0.2) is 0 Å². The maximum atomic E-state index is 12.7. The van der Waals surface area contributed by atoms with E-state index in [1.165, 1.54) is 31.0 Å². The fourth-order valence-corrected chi connectivity index (χ4v) is 5.92. The largest absolute Gasteiger partial charge is 0.451 e. The molecule has 142 valence electrons. The van der Waals surface area contributed by atoms with Crippen LogP contribution in [0.3, 0.4) is 0 Å². The molecule has 2 spiro atoms. The molecule has 3 saturated heterocycles. The minimum absolute atomic E-state index is 0.381. The summed E-state index contributed by atoms with van der Waals surface area (Å²) < 4.78 is 45.5. The van der Waals surface area contributed by atoms with Gasteiger partial charge in [0.2, 0.25) is 5.82 Å². The van der Waals surface area contributed by atoms with Gasteiger partial charge in [0.05, 0.1) is 23.8 Å². The molecular formula is C17H21F3N4OS. The van der Waals surface area contributed by atoms with E-state index in [9.17, 15) is 13.2 Å². The lowest BCUT2D eigenvalue weighted by Gasteiger charge is -2.66. The van der Waals surface area contributed by atoms with Gasteiger partial charge in [-0.3, -0.25) is 4.90 Å². The number of nitrogens with zero attached hydrogens (tertiary/aromatic N) is 4. The van der Waals surface area contributed by atoms with Crippen LogP contribution in [0.1, 0.15) is 24.4 Å². The molecule has 0 unspecified atom stereocenters. The summed E-state index contributed by atoms with van der Waals surface area (Å²) in [4.78, 5) is 10.4. The van der Waals surface area contributed by atoms with Crippen LogP contribution in [0.25, 0.3) is 0 Å². The van der Waals surface area contributed by atoms with E-state index in [0.29, 0.717) is 21.4 Å². The van der Waals surface area contributed by atoms with Crippen molar-refractivity contribution in [3.63, 3.8) is 0 Å². The monoisotopic (exact) mass is 386 g/mol. The van der Waals surface area contributed by atoms with Crippen molar-refractivity contribution in [1.82, 2.24) is 19.2 Å². The van der Waals surface area contributed by atoms with Gasteiger partial charge in [-0.05, 0) is 31.7 Å². The van der Waals surface area contributed by atoms with Crippen molar-refractivity contribution in [2.45, 2.75) is 36.9 Å². The first kappa shape index (κ1) is 17.2. The van der Waals surface area contributed by atoms with Crippen LogP contribution in [0.5, 0.6) is 0 Å². The number of alkyl halides is 3. The first-order valence-electron chi connectivity index (χ1n) is 8.92. The predicted molar refractivity (Wildman–Crippen MR) is 89.5 cm³/mol. The lowest BCUT2D eigenvalue weighted by molar-refractivity contribution is -0.211. The molecule has 1 aliphatic carbocycles. The van der Waals surface area contributed by atoms with Gasteiger partial charge in [-0.2, -0.15) is 13.2 Å². The molecule has 0 radical (unpaired) electrons. The summed E-state index contributed by atoms with van der Waals surface area (Å²) in [6.45, 7) is 7.76. The third-order valence-corrected chi connectivity index (χ3v) is 7.30. The van der Waals surface area contributed by atoms with Crippen LogP contribution in [0, 0.1) is 17.8 Å². The average Bonchev–Trinajstić information content (AvgIpc) is 2.39. The van der Waals surface area contributed by atoms with Crippen LogP contribution in [0.4, 0.5) is 13.2 Å². The van der Waals surface area contributed by atoms with Crippen molar-refractivity contribution in [1.29, 1.82) is 0 Å². The van der Waals surface area contributed by atoms with Crippen LogP contribution in [-0.4, -0.2) is 64.6 Å². The Balaban J connectivity index is 1.11. The highest BCUT2D eigenvalue weighted by Gasteiger charge is 2.58. The summed E-state index contributed by atoms with van der Waals surface area (Å²) in [6.07, 6.45) is -0.633. The van der Waals surface area contributed by atoms with E-state index >= 15 is 0 Å². The van der Waals surface area contributed by atoms with E-state index < -0.39 is 12.0 Å². The van der Waals surface area contributed by atoms with Crippen LogP contribution in [-0.2, 0) is 10.9 Å². The molecule has 0 bridgehead atoms. The zero-order chi connectivity index (χ0) is 18.2. The minimum Gasteiger partial charge on any atom is -0.380 e. The molecule has 1 aromatic rings. The molecular weight excluding hydrogens is 365 g/mol. The van der Waals surface area contributed by atoms with Gasteiger partial charge in [-0.25, -0.2) is 14.3 Å². The molecule has 1 aromatic heterocycles.